The van der Waals surface area contributed by atoms with E-state index in [0.717, 1.165) is 11.9 Å². The minimum atomic E-state index is -0.165. The van der Waals surface area contributed by atoms with Gasteiger partial charge in [0.15, 0.2) is 0 Å². The molecule has 0 amide bonds. The van der Waals surface area contributed by atoms with Crippen molar-refractivity contribution in [1.29, 1.82) is 0 Å². The summed E-state index contributed by atoms with van der Waals surface area (Å²) in [6, 6.07) is 8.39. The van der Waals surface area contributed by atoms with E-state index in [2.05, 4.69) is 41.4 Å². The number of hydrogen-bond donors (Lipinski definition) is 1. The first-order chi connectivity index (χ1) is 8.42. The van der Waals surface area contributed by atoms with E-state index in [1.54, 1.807) is 12.5 Å². The van der Waals surface area contributed by atoms with Crippen LogP contribution in [0.15, 0.2) is 49.1 Å². The van der Waals surface area contributed by atoms with Crippen LogP contribution in [-0.4, -0.2) is 11.3 Å². The minimum Gasteiger partial charge on any atom is -0.459 e. The van der Waals surface area contributed by atoms with Crippen molar-refractivity contribution in [3.05, 3.63) is 54.6 Å². The monoisotopic (exact) mass is 227 g/mol. The Kier molecular flexibility index (Phi) is 2.58. The molecule has 0 spiro atoms. The molecule has 1 aliphatic rings. The minimum absolute atomic E-state index is 0.165. The number of nitrogens with one attached hydrogen (secondary N) is 1. The van der Waals surface area contributed by atoms with E-state index >= 15 is 0 Å². The number of benzene rings is 1. The molecule has 0 radical (unpaired) electrons. The van der Waals surface area contributed by atoms with Crippen LogP contribution < -0.4 is 0 Å². The summed E-state index contributed by atoms with van der Waals surface area (Å²) >= 11 is 0. The van der Waals surface area contributed by atoms with Gasteiger partial charge in [0.2, 0.25) is 6.29 Å². The van der Waals surface area contributed by atoms with Gasteiger partial charge in [0.05, 0.1) is 0 Å². The SMILES string of the molecule is C1=COC(C/C=C/c2ccc3[nH]ccc3c2)O1. The van der Waals surface area contributed by atoms with E-state index in [9.17, 15) is 0 Å². The molecular formula is C14H13NO2. The first-order valence-corrected chi connectivity index (χ1v) is 5.61. The van der Waals surface area contributed by atoms with Gasteiger partial charge in [0, 0.05) is 18.1 Å². The van der Waals surface area contributed by atoms with Gasteiger partial charge in [-0.3, -0.25) is 0 Å². The molecule has 0 saturated carbocycles. The second-order valence-corrected chi connectivity index (χ2v) is 3.94. The largest absolute Gasteiger partial charge is 0.459 e. The number of hydrogen-bond acceptors (Lipinski definition) is 2. The van der Waals surface area contributed by atoms with E-state index in [4.69, 9.17) is 9.47 Å². The van der Waals surface area contributed by atoms with Gasteiger partial charge in [0.1, 0.15) is 12.5 Å². The maximum Gasteiger partial charge on any atom is 0.243 e. The van der Waals surface area contributed by atoms with Gasteiger partial charge >= 0.3 is 0 Å². The lowest BCUT2D eigenvalue weighted by Gasteiger charge is -2.05. The number of rotatable bonds is 3. The fourth-order valence-electron chi connectivity index (χ4n) is 1.87. The van der Waals surface area contributed by atoms with E-state index < -0.39 is 0 Å². The molecule has 0 atom stereocenters. The zero-order chi connectivity index (χ0) is 11.5. The van der Waals surface area contributed by atoms with Crippen LogP contribution >= 0.6 is 0 Å². The molecule has 1 aliphatic heterocycles. The summed E-state index contributed by atoms with van der Waals surface area (Å²) in [5.74, 6) is 0. The molecule has 2 aromatic rings. The molecule has 1 aromatic carbocycles. The van der Waals surface area contributed by atoms with Gasteiger partial charge in [-0.25, -0.2) is 0 Å². The number of H-pyrrole nitrogens is 1. The lowest BCUT2D eigenvalue weighted by molar-refractivity contribution is -0.0187. The predicted molar refractivity (Wildman–Crippen MR) is 67.0 cm³/mol. The summed E-state index contributed by atoms with van der Waals surface area (Å²) in [5, 5.41) is 1.22. The molecule has 0 saturated heterocycles. The quantitative estimate of drug-likeness (QED) is 0.871. The normalized spacial score (nSPS) is 15.5. The lowest BCUT2D eigenvalue weighted by atomic mass is 10.1. The topological polar surface area (TPSA) is 34.2 Å². The Morgan fingerprint density at radius 3 is 2.94 bits per heavy atom. The Bertz CT molecular complexity index is 560. The molecule has 3 heteroatoms. The number of aromatic amines is 1. The smallest absolute Gasteiger partial charge is 0.243 e. The number of fused-ring (bicyclic) bond motifs is 1. The van der Waals surface area contributed by atoms with Crippen molar-refractivity contribution in [3.8, 4) is 0 Å². The molecule has 0 bridgehead atoms. The number of aromatic nitrogens is 1. The van der Waals surface area contributed by atoms with Crippen molar-refractivity contribution >= 4 is 17.0 Å². The van der Waals surface area contributed by atoms with Crippen LogP contribution in [0.2, 0.25) is 0 Å². The maximum atomic E-state index is 5.19. The van der Waals surface area contributed by atoms with Crippen LogP contribution in [0.3, 0.4) is 0 Å². The van der Waals surface area contributed by atoms with Crippen LogP contribution in [0.4, 0.5) is 0 Å². The highest BCUT2D eigenvalue weighted by Crippen LogP contribution is 2.16. The molecule has 17 heavy (non-hydrogen) atoms. The van der Waals surface area contributed by atoms with Gasteiger partial charge in [0.25, 0.3) is 0 Å². The van der Waals surface area contributed by atoms with E-state index in [-0.39, 0.29) is 6.29 Å². The van der Waals surface area contributed by atoms with E-state index in [1.165, 1.54) is 10.9 Å². The summed E-state index contributed by atoms with van der Waals surface area (Å²) in [5.41, 5.74) is 2.34. The fraction of sp³-hybridized carbons (Fsp3) is 0.143. The predicted octanol–water partition coefficient (Wildman–Crippen LogP) is 3.42. The van der Waals surface area contributed by atoms with Crippen molar-refractivity contribution < 1.29 is 9.47 Å². The Morgan fingerprint density at radius 2 is 2.06 bits per heavy atom. The van der Waals surface area contributed by atoms with Crippen LogP contribution in [0.1, 0.15) is 12.0 Å². The van der Waals surface area contributed by atoms with Gasteiger partial charge in [-0.2, -0.15) is 0 Å². The fourth-order valence-corrected chi connectivity index (χ4v) is 1.87. The Balaban J connectivity index is 1.68. The molecule has 2 heterocycles. The standard InChI is InChI=1S/C14H13NO2/c1(3-14-16-8-9-17-14)2-11-4-5-13-12(10-11)6-7-15-13/h1-2,4-10,14-15H,3H2/b2-1+. The van der Waals surface area contributed by atoms with Gasteiger partial charge < -0.3 is 14.5 Å². The van der Waals surface area contributed by atoms with Crippen molar-refractivity contribution in [3.63, 3.8) is 0 Å². The lowest BCUT2D eigenvalue weighted by Crippen LogP contribution is -2.04. The average Bonchev–Trinajstić information content (AvgIpc) is 2.98. The third-order valence-corrected chi connectivity index (χ3v) is 2.73. The average molecular weight is 227 g/mol. The van der Waals surface area contributed by atoms with Crippen molar-refractivity contribution in [1.82, 2.24) is 4.98 Å². The molecule has 86 valence electrons. The highest BCUT2D eigenvalue weighted by atomic mass is 16.7. The molecule has 0 aliphatic carbocycles. The van der Waals surface area contributed by atoms with Gasteiger partial charge in [-0.05, 0) is 29.1 Å². The summed E-state index contributed by atoms with van der Waals surface area (Å²) in [6.45, 7) is 0. The zero-order valence-corrected chi connectivity index (χ0v) is 9.30. The molecule has 0 unspecified atom stereocenters. The van der Waals surface area contributed by atoms with Crippen LogP contribution in [0.5, 0.6) is 0 Å². The highest BCUT2D eigenvalue weighted by molar-refractivity contribution is 5.81. The Hall–Kier alpha value is -2.16. The van der Waals surface area contributed by atoms with E-state index in [0.29, 0.717) is 0 Å². The van der Waals surface area contributed by atoms with Crippen LogP contribution in [0.25, 0.3) is 17.0 Å². The molecular weight excluding hydrogens is 214 g/mol. The zero-order valence-electron chi connectivity index (χ0n) is 9.30. The van der Waals surface area contributed by atoms with Crippen molar-refractivity contribution in [2.45, 2.75) is 12.7 Å². The van der Waals surface area contributed by atoms with Gasteiger partial charge in [-0.1, -0.05) is 18.2 Å². The first kappa shape index (κ1) is 10.0. The highest BCUT2D eigenvalue weighted by Gasteiger charge is 2.08. The molecule has 1 aromatic heterocycles. The van der Waals surface area contributed by atoms with Gasteiger partial charge in [-0.15, -0.1) is 0 Å². The first-order valence-electron chi connectivity index (χ1n) is 5.61. The number of ether oxygens (including phenoxy) is 2. The van der Waals surface area contributed by atoms with E-state index in [1.807, 2.05) is 6.20 Å². The molecule has 3 rings (SSSR count). The van der Waals surface area contributed by atoms with Crippen molar-refractivity contribution in [2.24, 2.45) is 0 Å². The molecule has 1 N–H and O–H groups in total. The molecule has 0 fully saturated rings. The summed E-state index contributed by atoms with van der Waals surface area (Å²) < 4.78 is 10.4. The second-order valence-electron chi connectivity index (χ2n) is 3.94. The van der Waals surface area contributed by atoms with Crippen LogP contribution in [-0.2, 0) is 9.47 Å². The third-order valence-electron chi connectivity index (χ3n) is 2.73. The van der Waals surface area contributed by atoms with Crippen molar-refractivity contribution in [2.75, 3.05) is 0 Å². The second kappa shape index (κ2) is 4.37. The summed E-state index contributed by atoms with van der Waals surface area (Å²) in [6.07, 6.45) is 9.82. The Labute approximate surface area is 99.4 Å². The van der Waals surface area contributed by atoms with Crippen LogP contribution in [0, 0.1) is 0 Å². The third kappa shape index (κ3) is 2.18. The molecule has 3 nitrogen and oxygen atoms in total. The Morgan fingerprint density at radius 1 is 1.18 bits per heavy atom. The maximum absolute atomic E-state index is 5.19. The summed E-state index contributed by atoms with van der Waals surface area (Å²) in [4.78, 5) is 3.18. The summed E-state index contributed by atoms with van der Waals surface area (Å²) in [7, 11) is 0.